The van der Waals surface area contributed by atoms with Gasteiger partial charge in [0.15, 0.2) is 0 Å². The fraction of sp³-hybridized carbons (Fsp3) is 0. The number of hydrogen-bond acceptors (Lipinski definition) is 2. The average Bonchev–Trinajstić information content (AvgIpc) is 2.95. The van der Waals surface area contributed by atoms with Gasteiger partial charge in [0.05, 0.1) is 16.8 Å². The van der Waals surface area contributed by atoms with E-state index in [1.54, 1.807) is 24.4 Å². The third kappa shape index (κ3) is 2.23. The number of nitrogens with zero attached hydrogens (tertiary/aromatic N) is 1. The zero-order chi connectivity index (χ0) is 14.8. The number of aromatic amines is 1. The number of benzene rings is 2. The highest BCUT2D eigenvalue weighted by Crippen LogP contribution is 2.21. The van der Waals surface area contributed by atoms with E-state index < -0.39 is 11.7 Å². The minimum absolute atomic E-state index is 0.158. The molecule has 5 heteroatoms. The lowest BCUT2D eigenvalue weighted by Crippen LogP contribution is -2.13. The van der Waals surface area contributed by atoms with Crippen LogP contribution in [0.25, 0.3) is 10.9 Å². The van der Waals surface area contributed by atoms with Crippen molar-refractivity contribution in [3.63, 3.8) is 0 Å². The van der Waals surface area contributed by atoms with Crippen LogP contribution in [0.15, 0.2) is 48.7 Å². The van der Waals surface area contributed by atoms with Crippen LogP contribution in [0.2, 0.25) is 0 Å². The van der Waals surface area contributed by atoms with E-state index in [0.717, 1.165) is 5.39 Å². The summed E-state index contributed by atoms with van der Waals surface area (Å²) in [5.74, 6) is -1.06. The predicted octanol–water partition coefficient (Wildman–Crippen LogP) is 3.43. The maximum absolute atomic E-state index is 13.5. The zero-order valence-corrected chi connectivity index (χ0v) is 10.9. The molecular formula is C16H10FN3O. The van der Waals surface area contributed by atoms with E-state index in [1.165, 1.54) is 18.2 Å². The normalized spacial score (nSPS) is 10.3. The molecule has 4 nitrogen and oxygen atoms in total. The van der Waals surface area contributed by atoms with Crippen LogP contribution in [-0.4, -0.2) is 10.9 Å². The molecule has 2 aromatic carbocycles. The molecule has 2 N–H and O–H groups in total. The van der Waals surface area contributed by atoms with Crippen LogP contribution < -0.4 is 5.32 Å². The summed E-state index contributed by atoms with van der Waals surface area (Å²) in [6.45, 7) is 0. The van der Waals surface area contributed by atoms with Gasteiger partial charge in [0.25, 0.3) is 5.91 Å². The number of anilines is 1. The lowest BCUT2D eigenvalue weighted by atomic mass is 10.1. The van der Waals surface area contributed by atoms with Gasteiger partial charge in [-0.3, -0.25) is 4.79 Å². The summed E-state index contributed by atoms with van der Waals surface area (Å²) in [6, 6.07) is 13.0. The molecule has 1 amide bonds. The third-order valence-electron chi connectivity index (χ3n) is 3.21. The molecule has 0 unspecified atom stereocenters. The highest BCUT2D eigenvalue weighted by molar-refractivity contribution is 6.12. The molecule has 21 heavy (non-hydrogen) atoms. The second-order valence-corrected chi connectivity index (χ2v) is 4.48. The maximum atomic E-state index is 13.5. The molecule has 0 aliphatic carbocycles. The van der Waals surface area contributed by atoms with Gasteiger partial charge in [-0.1, -0.05) is 18.2 Å². The summed E-state index contributed by atoms with van der Waals surface area (Å²) in [4.78, 5) is 15.3. The number of nitriles is 1. The second kappa shape index (κ2) is 5.10. The van der Waals surface area contributed by atoms with Gasteiger partial charge in [0, 0.05) is 11.6 Å². The van der Waals surface area contributed by atoms with Crippen molar-refractivity contribution >= 4 is 22.5 Å². The number of H-pyrrole nitrogens is 1. The lowest BCUT2D eigenvalue weighted by Gasteiger charge is -2.08. The predicted molar refractivity (Wildman–Crippen MR) is 77.4 cm³/mol. The Balaban J connectivity index is 2.00. The Bertz CT molecular complexity index is 877. The van der Waals surface area contributed by atoms with Crippen LogP contribution in [-0.2, 0) is 0 Å². The topological polar surface area (TPSA) is 68.7 Å². The van der Waals surface area contributed by atoms with Crippen molar-refractivity contribution in [3.05, 3.63) is 65.6 Å². The van der Waals surface area contributed by atoms with E-state index >= 15 is 0 Å². The van der Waals surface area contributed by atoms with Crippen molar-refractivity contribution in [1.82, 2.24) is 4.98 Å². The fourth-order valence-corrected chi connectivity index (χ4v) is 2.21. The van der Waals surface area contributed by atoms with E-state index in [1.807, 2.05) is 12.1 Å². The van der Waals surface area contributed by atoms with Crippen LogP contribution in [0.5, 0.6) is 0 Å². The van der Waals surface area contributed by atoms with Crippen LogP contribution in [0.1, 0.15) is 15.9 Å². The molecular weight excluding hydrogens is 269 g/mol. The van der Waals surface area contributed by atoms with E-state index in [0.29, 0.717) is 11.1 Å². The number of aromatic nitrogens is 1. The van der Waals surface area contributed by atoms with Gasteiger partial charge in [-0.15, -0.1) is 0 Å². The Labute approximate surface area is 119 Å². The number of halogens is 1. The van der Waals surface area contributed by atoms with Gasteiger partial charge in [0.2, 0.25) is 0 Å². The number of fused-ring (bicyclic) bond motifs is 1. The molecule has 3 rings (SSSR count). The molecule has 0 spiro atoms. The maximum Gasteiger partial charge on any atom is 0.257 e. The Kier molecular flexibility index (Phi) is 3.13. The van der Waals surface area contributed by atoms with Crippen molar-refractivity contribution in [2.75, 3.05) is 5.32 Å². The summed E-state index contributed by atoms with van der Waals surface area (Å²) < 4.78 is 13.5. The average molecular weight is 279 g/mol. The number of hydrogen-bond donors (Lipinski definition) is 2. The molecule has 3 aromatic rings. The standard InChI is InChI=1S/C16H10FN3O/c17-13-5-2-6-14(12(13)9-18)20-16(21)11-4-1-3-10-7-8-19-15(10)11/h1-8,19H,(H,20,21). The fourth-order valence-electron chi connectivity index (χ4n) is 2.21. The van der Waals surface area contributed by atoms with Gasteiger partial charge in [-0.05, 0) is 24.3 Å². The van der Waals surface area contributed by atoms with E-state index in [4.69, 9.17) is 5.26 Å². The minimum atomic E-state index is -0.659. The zero-order valence-electron chi connectivity index (χ0n) is 10.9. The molecule has 0 aliphatic heterocycles. The van der Waals surface area contributed by atoms with E-state index in [9.17, 15) is 9.18 Å². The van der Waals surface area contributed by atoms with Gasteiger partial charge in [0.1, 0.15) is 17.4 Å². The first-order valence-corrected chi connectivity index (χ1v) is 6.27. The van der Waals surface area contributed by atoms with Crippen molar-refractivity contribution in [2.24, 2.45) is 0 Å². The van der Waals surface area contributed by atoms with Gasteiger partial charge < -0.3 is 10.3 Å². The minimum Gasteiger partial charge on any atom is -0.361 e. The monoisotopic (exact) mass is 279 g/mol. The molecule has 0 bridgehead atoms. The van der Waals surface area contributed by atoms with Gasteiger partial charge in [-0.2, -0.15) is 5.26 Å². The Morgan fingerprint density at radius 2 is 2.00 bits per heavy atom. The Morgan fingerprint density at radius 1 is 1.19 bits per heavy atom. The number of carbonyl (C=O) groups is 1. The summed E-state index contributed by atoms with van der Waals surface area (Å²) in [6.07, 6.45) is 1.74. The molecule has 1 aromatic heterocycles. The Morgan fingerprint density at radius 3 is 2.81 bits per heavy atom. The second-order valence-electron chi connectivity index (χ2n) is 4.48. The number of rotatable bonds is 2. The van der Waals surface area contributed by atoms with E-state index in [2.05, 4.69) is 10.3 Å². The summed E-state index contributed by atoms with van der Waals surface area (Å²) in [5.41, 5.74) is 1.12. The first kappa shape index (κ1) is 12.9. The van der Waals surface area contributed by atoms with Gasteiger partial charge >= 0.3 is 0 Å². The highest BCUT2D eigenvalue weighted by atomic mass is 19.1. The molecule has 0 aliphatic rings. The van der Waals surface area contributed by atoms with Crippen LogP contribution in [0.3, 0.4) is 0 Å². The van der Waals surface area contributed by atoms with Crippen LogP contribution >= 0.6 is 0 Å². The largest absolute Gasteiger partial charge is 0.361 e. The summed E-state index contributed by atoms with van der Waals surface area (Å²) in [5, 5.41) is 12.5. The molecule has 102 valence electrons. The first-order valence-electron chi connectivity index (χ1n) is 6.27. The number of para-hydroxylation sites is 1. The molecule has 1 heterocycles. The summed E-state index contributed by atoms with van der Waals surface area (Å²) in [7, 11) is 0. The number of carbonyl (C=O) groups excluding carboxylic acids is 1. The third-order valence-corrected chi connectivity index (χ3v) is 3.21. The number of amides is 1. The van der Waals surface area contributed by atoms with E-state index in [-0.39, 0.29) is 11.3 Å². The smallest absolute Gasteiger partial charge is 0.257 e. The SMILES string of the molecule is N#Cc1c(F)cccc1NC(=O)c1cccc2cc[nH]c12. The quantitative estimate of drug-likeness (QED) is 0.754. The van der Waals surface area contributed by atoms with Crippen molar-refractivity contribution in [3.8, 4) is 6.07 Å². The lowest BCUT2D eigenvalue weighted by molar-refractivity contribution is 0.102. The van der Waals surface area contributed by atoms with Gasteiger partial charge in [-0.25, -0.2) is 4.39 Å². The van der Waals surface area contributed by atoms with Crippen molar-refractivity contribution < 1.29 is 9.18 Å². The molecule has 0 fully saturated rings. The Hall–Kier alpha value is -3.13. The molecule has 0 atom stereocenters. The first-order chi connectivity index (χ1) is 10.2. The van der Waals surface area contributed by atoms with Crippen LogP contribution in [0.4, 0.5) is 10.1 Å². The molecule has 0 saturated heterocycles. The summed E-state index contributed by atoms with van der Waals surface area (Å²) >= 11 is 0. The molecule has 0 radical (unpaired) electrons. The molecule has 0 saturated carbocycles. The van der Waals surface area contributed by atoms with Crippen molar-refractivity contribution in [1.29, 1.82) is 5.26 Å². The highest BCUT2D eigenvalue weighted by Gasteiger charge is 2.14. The van der Waals surface area contributed by atoms with Crippen LogP contribution in [0, 0.1) is 17.1 Å². The number of nitrogens with one attached hydrogen (secondary N) is 2. The van der Waals surface area contributed by atoms with Crippen molar-refractivity contribution in [2.45, 2.75) is 0 Å².